The lowest BCUT2D eigenvalue weighted by Crippen LogP contribution is -2.52. The Labute approximate surface area is 107 Å². The third-order valence-electron chi connectivity index (χ3n) is 2.61. The van der Waals surface area contributed by atoms with Crippen LogP contribution in [0.5, 0.6) is 11.5 Å². The van der Waals surface area contributed by atoms with Gasteiger partial charge in [-0.05, 0) is 19.1 Å². The molecule has 2 atom stereocenters. The van der Waals surface area contributed by atoms with E-state index >= 15 is 0 Å². The number of ether oxygens (including phenoxy) is 2. The number of halogens is 2. The minimum absolute atomic E-state index is 0.314. The summed E-state index contributed by atoms with van der Waals surface area (Å²) in [4.78, 5) is 0. The molecule has 88 valence electrons. The molecule has 0 aliphatic carbocycles. The van der Waals surface area contributed by atoms with Gasteiger partial charge in [-0.3, -0.25) is 0 Å². The molecule has 0 saturated carbocycles. The van der Waals surface area contributed by atoms with Gasteiger partial charge in [0.25, 0.3) is 0 Å². The van der Waals surface area contributed by atoms with Crippen molar-refractivity contribution in [2.24, 2.45) is 0 Å². The van der Waals surface area contributed by atoms with E-state index in [-0.39, 0.29) is 0 Å². The molecule has 1 aliphatic heterocycles. The zero-order valence-electron chi connectivity index (χ0n) is 8.74. The predicted octanol–water partition coefficient (Wildman–Crippen LogP) is 2.63. The first-order chi connectivity index (χ1) is 7.55. The van der Waals surface area contributed by atoms with Crippen LogP contribution in [0.3, 0.4) is 0 Å². The van der Waals surface area contributed by atoms with Crippen molar-refractivity contribution in [2.45, 2.75) is 18.6 Å². The number of fused-ring (bicyclic) bond motifs is 1. The summed E-state index contributed by atoms with van der Waals surface area (Å²) >= 11 is 9.10. The molecule has 1 heterocycles. The zero-order valence-corrected chi connectivity index (χ0v) is 11.1. The molecule has 0 saturated heterocycles. The highest BCUT2D eigenvalue weighted by atomic mass is 79.9. The van der Waals surface area contributed by atoms with Gasteiger partial charge in [-0.15, -0.1) is 0 Å². The molecule has 0 spiro atoms. The zero-order chi connectivity index (χ0) is 11.8. The molecule has 2 unspecified atom stereocenters. The first kappa shape index (κ1) is 12.0. The van der Waals surface area contributed by atoms with Crippen molar-refractivity contribution in [3.05, 3.63) is 23.2 Å². The number of aliphatic hydroxyl groups excluding tert-OH is 1. The second kappa shape index (κ2) is 4.43. The van der Waals surface area contributed by atoms with Crippen molar-refractivity contribution < 1.29 is 14.6 Å². The second-order valence-corrected chi connectivity index (χ2v) is 5.05. The van der Waals surface area contributed by atoms with Gasteiger partial charge in [-0.25, -0.2) is 0 Å². The fraction of sp³-hybridized carbons (Fsp3) is 0.455. The molecular weight excluding hydrogens is 295 g/mol. The number of aliphatic hydroxyl groups is 1. The molecule has 1 N–H and O–H groups in total. The Morgan fingerprint density at radius 1 is 1.56 bits per heavy atom. The Hall–Kier alpha value is -0.450. The van der Waals surface area contributed by atoms with Crippen molar-refractivity contribution in [3.63, 3.8) is 0 Å². The quantitative estimate of drug-likeness (QED) is 0.854. The molecule has 1 aromatic carbocycles. The maximum Gasteiger partial charge on any atom is 0.167 e. The van der Waals surface area contributed by atoms with Crippen molar-refractivity contribution >= 4 is 27.5 Å². The maximum absolute atomic E-state index is 9.85. The lowest BCUT2D eigenvalue weighted by atomic mass is 10.0. The van der Waals surface area contributed by atoms with Gasteiger partial charge in [0.2, 0.25) is 0 Å². The lowest BCUT2D eigenvalue weighted by molar-refractivity contribution is -0.0737. The monoisotopic (exact) mass is 306 g/mol. The summed E-state index contributed by atoms with van der Waals surface area (Å²) in [6.45, 7) is 2.12. The normalized spacial score (nSPS) is 25.2. The smallest absolute Gasteiger partial charge is 0.167 e. The van der Waals surface area contributed by atoms with Crippen LogP contribution >= 0.6 is 27.5 Å². The van der Waals surface area contributed by atoms with Crippen LogP contribution in [0.15, 0.2) is 18.2 Å². The van der Waals surface area contributed by atoms with Crippen LogP contribution in [0.2, 0.25) is 5.02 Å². The minimum Gasteiger partial charge on any atom is -0.485 e. The Kier molecular flexibility index (Phi) is 3.33. The fourth-order valence-electron chi connectivity index (χ4n) is 1.51. The topological polar surface area (TPSA) is 38.7 Å². The van der Waals surface area contributed by atoms with Crippen molar-refractivity contribution in [1.82, 2.24) is 0 Å². The molecule has 1 aromatic rings. The van der Waals surface area contributed by atoms with Crippen molar-refractivity contribution in [1.29, 1.82) is 0 Å². The predicted molar refractivity (Wildman–Crippen MR) is 65.8 cm³/mol. The molecule has 0 amide bonds. The molecule has 0 bridgehead atoms. The van der Waals surface area contributed by atoms with Crippen LogP contribution in [-0.4, -0.2) is 28.7 Å². The lowest BCUT2D eigenvalue weighted by Gasteiger charge is -2.38. The van der Waals surface area contributed by atoms with E-state index in [2.05, 4.69) is 15.9 Å². The van der Waals surface area contributed by atoms with Crippen LogP contribution in [0, 0.1) is 0 Å². The van der Waals surface area contributed by atoms with Gasteiger partial charge in [0.15, 0.2) is 17.1 Å². The summed E-state index contributed by atoms with van der Waals surface area (Å²) in [6.07, 6.45) is -0.639. The van der Waals surface area contributed by atoms with E-state index in [1.807, 2.05) is 6.92 Å². The first-order valence-corrected chi connectivity index (χ1v) is 6.40. The number of benzene rings is 1. The molecule has 2 rings (SSSR count). The van der Waals surface area contributed by atoms with Gasteiger partial charge in [0.1, 0.15) is 12.7 Å². The van der Waals surface area contributed by atoms with E-state index in [0.29, 0.717) is 28.5 Å². The van der Waals surface area contributed by atoms with E-state index in [4.69, 9.17) is 21.1 Å². The van der Waals surface area contributed by atoms with Crippen LogP contribution in [0.4, 0.5) is 0 Å². The van der Waals surface area contributed by atoms with Gasteiger partial charge in [0, 0.05) is 16.4 Å². The van der Waals surface area contributed by atoms with E-state index < -0.39 is 11.7 Å². The first-order valence-electron chi connectivity index (χ1n) is 4.90. The molecule has 16 heavy (non-hydrogen) atoms. The molecule has 0 aromatic heterocycles. The van der Waals surface area contributed by atoms with Gasteiger partial charge in [-0.1, -0.05) is 27.5 Å². The van der Waals surface area contributed by atoms with Crippen molar-refractivity contribution in [2.75, 3.05) is 11.9 Å². The Balaban J connectivity index is 2.28. The molecule has 3 nitrogen and oxygen atoms in total. The number of alkyl halides is 1. The van der Waals surface area contributed by atoms with Gasteiger partial charge in [0.05, 0.1) is 0 Å². The number of hydrogen-bond acceptors (Lipinski definition) is 3. The highest BCUT2D eigenvalue weighted by Gasteiger charge is 2.39. The summed E-state index contributed by atoms with van der Waals surface area (Å²) < 4.78 is 11.3. The third-order valence-corrected chi connectivity index (χ3v) is 3.46. The third kappa shape index (κ3) is 2.14. The highest BCUT2D eigenvalue weighted by molar-refractivity contribution is 9.09. The van der Waals surface area contributed by atoms with E-state index in [1.165, 1.54) is 0 Å². The van der Waals surface area contributed by atoms with Gasteiger partial charge < -0.3 is 14.6 Å². The highest BCUT2D eigenvalue weighted by Crippen LogP contribution is 2.38. The van der Waals surface area contributed by atoms with Gasteiger partial charge >= 0.3 is 0 Å². The van der Waals surface area contributed by atoms with Crippen LogP contribution in [0.25, 0.3) is 0 Å². The average Bonchev–Trinajstić information content (AvgIpc) is 2.27. The van der Waals surface area contributed by atoms with E-state index in [9.17, 15) is 5.11 Å². The van der Waals surface area contributed by atoms with E-state index in [0.717, 1.165) is 0 Å². The molecule has 5 heteroatoms. The van der Waals surface area contributed by atoms with E-state index in [1.54, 1.807) is 18.2 Å². The standard InChI is InChI=1S/C11H12BrClO3/c1-11(10(14)5-12)6-15-8-3-2-7(13)4-9(8)16-11/h2-4,10,14H,5-6H2,1H3. The average molecular weight is 308 g/mol. The summed E-state index contributed by atoms with van der Waals surface area (Å²) in [7, 11) is 0. The molecule has 1 aliphatic rings. The summed E-state index contributed by atoms with van der Waals surface area (Å²) in [6, 6.07) is 5.19. The minimum atomic E-state index is -0.749. The number of hydrogen-bond donors (Lipinski definition) is 1. The number of rotatable bonds is 2. The Morgan fingerprint density at radius 2 is 2.31 bits per heavy atom. The van der Waals surface area contributed by atoms with Gasteiger partial charge in [-0.2, -0.15) is 0 Å². The maximum atomic E-state index is 9.85. The summed E-state index contributed by atoms with van der Waals surface area (Å²) in [5.74, 6) is 1.23. The molecular formula is C11H12BrClO3. The summed E-state index contributed by atoms with van der Waals surface area (Å²) in [5, 5.41) is 10.9. The SMILES string of the molecule is CC1(C(O)CBr)COc2ccc(Cl)cc2O1. The van der Waals surface area contributed by atoms with Crippen LogP contribution < -0.4 is 9.47 Å². The van der Waals surface area contributed by atoms with Crippen molar-refractivity contribution in [3.8, 4) is 11.5 Å². The molecule has 0 fully saturated rings. The largest absolute Gasteiger partial charge is 0.485 e. The van der Waals surface area contributed by atoms with Crippen LogP contribution in [0.1, 0.15) is 6.92 Å². The summed E-state index contributed by atoms with van der Waals surface area (Å²) in [5.41, 5.74) is -0.749. The fourth-order valence-corrected chi connectivity index (χ4v) is 2.36. The second-order valence-electron chi connectivity index (χ2n) is 3.96. The van der Waals surface area contributed by atoms with Crippen LogP contribution in [-0.2, 0) is 0 Å². The Morgan fingerprint density at radius 3 is 3.00 bits per heavy atom. The Bertz CT molecular complexity index is 399. The molecule has 0 radical (unpaired) electrons.